The van der Waals surface area contributed by atoms with Gasteiger partial charge in [0.25, 0.3) is 0 Å². The Morgan fingerprint density at radius 1 is 0.579 bits per heavy atom. The average molecular weight is 308 g/mol. The summed E-state index contributed by atoms with van der Waals surface area (Å²) in [5, 5.41) is 54.8. The minimum absolute atomic E-state index is 0. The molecule has 92 valence electrons. The third-order valence-electron chi connectivity index (χ3n) is 0.366. The predicted molar refractivity (Wildman–Crippen MR) is 36.3 cm³/mol. The fourth-order valence-corrected chi connectivity index (χ4v) is 0. The van der Waals surface area contributed by atoms with Crippen molar-refractivity contribution in [1.82, 2.24) is 0 Å². The van der Waals surface area contributed by atoms with Crippen molar-refractivity contribution in [3.63, 3.8) is 0 Å². The molecule has 0 aliphatic carbocycles. The molecule has 0 fully saturated rings. The first-order valence-electron chi connectivity index (χ1n) is 2.92. The summed E-state index contributed by atoms with van der Waals surface area (Å²) in [6.45, 7) is 0. The Hall–Kier alpha value is 0.825. The molecule has 0 heterocycles. The van der Waals surface area contributed by atoms with E-state index in [4.69, 9.17) is 54.7 Å². The van der Waals surface area contributed by atoms with Gasteiger partial charge in [0.05, 0.1) is 0 Å². The molecule has 0 saturated carbocycles. The molecular formula is C4H4BNa3O11. The molecule has 15 heteroatoms. The van der Waals surface area contributed by atoms with Crippen molar-refractivity contribution < 1.29 is 143 Å². The van der Waals surface area contributed by atoms with E-state index in [1.807, 2.05) is 0 Å². The number of carboxylic acid groups (broad SMARTS) is 4. The van der Waals surface area contributed by atoms with E-state index in [1.165, 1.54) is 0 Å². The van der Waals surface area contributed by atoms with Crippen LogP contribution < -0.4 is 104 Å². The Kier molecular flexibility index (Phi) is 46.2. The number of rotatable bonds is 0. The van der Waals surface area contributed by atoms with E-state index in [1.54, 1.807) is 0 Å². The summed E-state index contributed by atoms with van der Waals surface area (Å²) in [7, 11) is -2.92. The van der Waals surface area contributed by atoms with Crippen LogP contribution >= 0.6 is 0 Å². The molecule has 19 heavy (non-hydrogen) atoms. The van der Waals surface area contributed by atoms with E-state index in [9.17, 15) is 0 Å². The molecule has 0 aliphatic heterocycles. The van der Waals surface area contributed by atoms with Gasteiger partial charge in [-0.1, -0.05) is 0 Å². The summed E-state index contributed by atoms with van der Waals surface area (Å²) >= 11 is 0. The molecule has 0 rings (SSSR count). The van der Waals surface area contributed by atoms with Crippen molar-refractivity contribution in [2.75, 3.05) is 0 Å². The van der Waals surface area contributed by atoms with Crippen LogP contribution in [0.2, 0.25) is 0 Å². The van der Waals surface area contributed by atoms with Gasteiger partial charge in [0.2, 0.25) is 0 Å². The summed E-state index contributed by atoms with van der Waals surface area (Å²) in [6.07, 6.45) is 0. The molecule has 0 spiro atoms. The van der Waals surface area contributed by atoms with Crippen molar-refractivity contribution in [3.05, 3.63) is 0 Å². The molecule has 0 radical (unpaired) electrons. The summed E-state index contributed by atoms with van der Waals surface area (Å²) in [5.74, 6) is -7.30. The van der Waals surface area contributed by atoms with Gasteiger partial charge in [-0.2, -0.15) is 0 Å². The van der Waals surface area contributed by atoms with Gasteiger partial charge < -0.3 is 35.5 Å². The second-order valence-corrected chi connectivity index (χ2v) is 1.51. The fourth-order valence-electron chi connectivity index (χ4n) is 0. The van der Waals surface area contributed by atoms with Crippen molar-refractivity contribution >= 4 is 31.2 Å². The van der Waals surface area contributed by atoms with E-state index >= 15 is 0 Å². The third kappa shape index (κ3) is 68.4. The topological polar surface area (TPSA) is 218 Å². The van der Waals surface area contributed by atoms with Gasteiger partial charge >= 0.3 is 113 Å². The van der Waals surface area contributed by atoms with Gasteiger partial charge in [-0.05, 0) is 0 Å². The molecule has 0 atom stereocenters. The zero-order valence-electron chi connectivity index (χ0n) is 10.2. The van der Waals surface area contributed by atoms with Crippen LogP contribution in [0.5, 0.6) is 0 Å². The molecule has 4 N–H and O–H groups in total. The standard InChI is InChI=1S/2C2H2O4.BO3.3Na/c2*3-1(4)2(5)6;2-1(3)4;;;/h2*(H,3,4)(H,5,6);;;;/q;;-3;3*+1. The maximum atomic E-state index is 9.10. The predicted octanol–water partition coefficient (Wildman–Crippen LogP) is -14.6. The number of aliphatic carboxylic acids is 4. The van der Waals surface area contributed by atoms with Crippen molar-refractivity contribution in [1.29, 1.82) is 0 Å². The summed E-state index contributed by atoms with van der Waals surface area (Å²) in [6, 6.07) is 0. The Labute approximate surface area is 172 Å². The molecule has 0 saturated heterocycles. The van der Waals surface area contributed by atoms with Crippen LogP contribution in [0.25, 0.3) is 0 Å². The molecular weight excluding hydrogens is 304 g/mol. The number of carbonyl (C=O) groups is 4. The SMILES string of the molecule is O=C(O)C(=O)O.O=C(O)C(=O)O.[Na+].[Na+].[Na+].[O-]B([O-])[O-]. The molecule has 0 unspecified atom stereocenters. The Bertz CT molecular complexity index is 218. The van der Waals surface area contributed by atoms with Gasteiger partial charge in [-0.15, -0.1) is 0 Å². The zero-order chi connectivity index (χ0) is 13.9. The van der Waals surface area contributed by atoms with E-state index in [-0.39, 0.29) is 88.7 Å². The van der Waals surface area contributed by atoms with Crippen LogP contribution in [-0.4, -0.2) is 51.6 Å². The molecule has 0 aromatic carbocycles. The maximum absolute atomic E-state index is 9.10. The van der Waals surface area contributed by atoms with Gasteiger partial charge in [0.1, 0.15) is 0 Å². The number of carboxylic acids is 4. The average Bonchev–Trinajstić information content (AvgIpc) is 2.03. The molecule has 0 aliphatic rings. The van der Waals surface area contributed by atoms with Crippen molar-refractivity contribution in [2.24, 2.45) is 0 Å². The van der Waals surface area contributed by atoms with E-state index < -0.39 is 31.2 Å². The first-order chi connectivity index (χ1) is 7.02. The van der Waals surface area contributed by atoms with Crippen molar-refractivity contribution in [3.8, 4) is 0 Å². The molecule has 11 nitrogen and oxygen atoms in total. The van der Waals surface area contributed by atoms with Gasteiger partial charge in [-0.3, -0.25) is 7.32 Å². The normalized spacial score (nSPS) is 6.05. The molecule has 0 aromatic rings. The van der Waals surface area contributed by atoms with Crippen LogP contribution in [-0.2, 0) is 19.2 Å². The van der Waals surface area contributed by atoms with Crippen LogP contribution in [0.3, 0.4) is 0 Å². The van der Waals surface area contributed by atoms with Crippen LogP contribution in [0, 0.1) is 0 Å². The largest absolute Gasteiger partial charge is 1.00 e. The summed E-state index contributed by atoms with van der Waals surface area (Å²) in [5.41, 5.74) is 0. The summed E-state index contributed by atoms with van der Waals surface area (Å²) < 4.78 is 0. The van der Waals surface area contributed by atoms with Crippen molar-refractivity contribution in [2.45, 2.75) is 0 Å². The minimum atomic E-state index is -2.92. The fraction of sp³-hybridized carbons (Fsp3) is 0. The minimum Gasteiger partial charge on any atom is -0.907 e. The second kappa shape index (κ2) is 23.9. The van der Waals surface area contributed by atoms with Crippen LogP contribution in [0.4, 0.5) is 0 Å². The second-order valence-electron chi connectivity index (χ2n) is 1.51. The van der Waals surface area contributed by atoms with Crippen LogP contribution in [0.1, 0.15) is 0 Å². The first-order valence-corrected chi connectivity index (χ1v) is 2.92. The quantitative estimate of drug-likeness (QED) is 0.243. The first kappa shape index (κ1) is 36.8. The maximum Gasteiger partial charge on any atom is 1.00 e. The smallest absolute Gasteiger partial charge is 0.907 e. The molecule has 0 bridgehead atoms. The Morgan fingerprint density at radius 3 is 0.632 bits per heavy atom. The van der Waals surface area contributed by atoms with Crippen LogP contribution in [0.15, 0.2) is 0 Å². The zero-order valence-corrected chi connectivity index (χ0v) is 16.2. The van der Waals surface area contributed by atoms with Gasteiger partial charge in [-0.25, -0.2) is 19.2 Å². The van der Waals surface area contributed by atoms with E-state index in [0.29, 0.717) is 0 Å². The monoisotopic (exact) mass is 308 g/mol. The molecule has 0 aromatic heterocycles. The Morgan fingerprint density at radius 2 is 0.632 bits per heavy atom. The molecule has 0 amide bonds. The van der Waals surface area contributed by atoms with E-state index in [0.717, 1.165) is 0 Å². The third-order valence-corrected chi connectivity index (χ3v) is 0.366. The van der Waals surface area contributed by atoms with Gasteiger partial charge in [0.15, 0.2) is 0 Å². The van der Waals surface area contributed by atoms with E-state index in [2.05, 4.69) is 0 Å². The Balaban J connectivity index is -0.0000000315. The summed E-state index contributed by atoms with van der Waals surface area (Å²) in [4.78, 5) is 36.4. The van der Waals surface area contributed by atoms with Gasteiger partial charge in [0, 0.05) is 0 Å². The number of hydrogen-bond donors (Lipinski definition) is 4. The number of hydrogen-bond acceptors (Lipinski definition) is 7.